The van der Waals surface area contributed by atoms with Crippen molar-refractivity contribution < 1.29 is 22.9 Å². The lowest BCUT2D eigenvalue weighted by atomic mass is 10.0. The number of carbonyl (C=O) groups excluding carboxylic acids is 1. The van der Waals surface area contributed by atoms with Gasteiger partial charge in [-0.25, -0.2) is 0 Å². The maximum Gasteiger partial charge on any atom is 0.267 e. The maximum atomic E-state index is 12.5. The molecule has 7 heteroatoms. The van der Waals surface area contributed by atoms with Crippen molar-refractivity contribution in [1.82, 2.24) is 5.32 Å². The molecule has 0 aliphatic rings. The number of carbonyl (C=O) groups is 1. The predicted octanol–water partition coefficient (Wildman–Crippen LogP) is 11.8. The quantitative estimate of drug-likeness (QED) is 0.0343. The summed E-state index contributed by atoms with van der Waals surface area (Å²) in [4.78, 5) is 12.5. The van der Waals surface area contributed by atoms with Crippen molar-refractivity contribution in [2.45, 2.75) is 231 Å². The predicted molar refractivity (Wildman–Crippen MR) is 203 cm³/mol. The molecular formula is C40H79NO5S. The highest BCUT2D eigenvalue weighted by molar-refractivity contribution is 7.85. The van der Waals surface area contributed by atoms with E-state index in [9.17, 15) is 22.9 Å². The Morgan fingerprint density at radius 3 is 1.21 bits per heavy atom. The fourth-order valence-corrected chi connectivity index (χ4v) is 7.13. The van der Waals surface area contributed by atoms with Crippen LogP contribution in [0.25, 0.3) is 0 Å². The smallest absolute Gasteiger partial charge is 0.267 e. The summed E-state index contributed by atoms with van der Waals surface area (Å²) in [7, 11) is -4.33. The van der Waals surface area contributed by atoms with Crippen LogP contribution in [0, 0.1) is 0 Å². The van der Waals surface area contributed by atoms with Gasteiger partial charge in [0.1, 0.15) is 0 Å². The molecule has 0 aromatic rings. The van der Waals surface area contributed by atoms with Gasteiger partial charge in [-0.1, -0.05) is 206 Å². The van der Waals surface area contributed by atoms with E-state index in [0.29, 0.717) is 6.42 Å². The minimum atomic E-state index is -4.33. The van der Waals surface area contributed by atoms with Crippen LogP contribution in [0.15, 0.2) is 12.2 Å². The van der Waals surface area contributed by atoms with Gasteiger partial charge >= 0.3 is 0 Å². The lowest BCUT2D eigenvalue weighted by Crippen LogP contribution is -2.46. The molecule has 0 rings (SSSR count). The summed E-state index contributed by atoms with van der Waals surface area (Å²) in [6, 6.07) is -1.05. The highest BCUT2D eigenvalue weighted by Gasteiger charge is 2.24. The summed E-state index contributed by atoms with van der Waals surface area (Å²) in [5.41, 5.74) is 0. The number of allylic oxidation sites excluding steroid dienone is 1. The van der Waals surface area contributed by atoms with Gasteiger partial charge in [0.15, 0.2) is 0 Å². The number of aliphatic hydroxyl groups excluding tert-OH is 1. The second-order valence-electron chi connectivity index (χ2n) is 14.3. The first kappa shape index (κ1) is 46.1. The fraction of sp³-hybridized carbons (Fsp3) is 0.925. The van der Waals surface area contributed by atoms with Crippen LogP contribution in [0.4, 0.5) is 0 Å². The maximum absolute atomic E-state index is 12.5. The summed E-state index contributed by atoms with van der Waals surface area (Å²) < 4.78 is 32.3. The van der Waals surface area contributed by atoms with E-state index >= 15 is 0 Å². The summed E-state index contributed by atoms with van der Waals surface area (Å²) in [6.07, 6.45) is 42.2. The third kappa shape index (κ3) is 36.2. The van der Waals surface area contributed by atoms with E-state index < -0.39 is 28.0 Å². The van der Waals surface area contributed by atoms with Gasteiger partial charge in [0, 0.05) is 6.42 Å². The standard InChI is InChI=1S/C40H79NO5S/c1-3-5-7-9-11-13-14-15-16-17-18-19-20-21-22-23-24-25-26-28-30-32-34-36-40(43)41-38(37-47(44,45)46)39(42)35-33-31-29-27-12-10-8-6-4-2/h33,35,38-39,42H,3-32,34,36-37H2,1-2H3,(H,41,43)(H,44,45,46)/b35-33+. The third-order valence-electron chi connectivity index (χ3n) is 9.46. The molecule has 0 saturated heterocycles. The average Bonchev–Trinajstić information content (AvgIpc) is 3.03. The Bertz CT molecular complexity index is 800. The molecule has 280 valence electrons. The zero-order chi connectivity index (χ0) is 34.7. The van der Waals surface area contributed by atoms with Gasteiger partial charge in [0.05, 0.1) is 17.9 Å². The molecule has 0 heterocycles. The first-order chi connectivity index (χ1) is 22.8. The Labute approximate surface area is 292 Å². The molecule has 0 radical (unpaired) electrons. The molecule has 1 amide bonds. The van der Waals surface area contributed by atoms with Crippen LogP contribution in [0.1, 0.15) is 219 Å². The summed E-state index contributed by atoms with van der Waals surface area (Å²) >= 11 is 0. The zero-order valence-corrected chi connectivity index (χ0v) is 32.0. The van der Waals surface area contributed by atoms with Crippen molar-refractivity contribution >= 4 is 16.0 Å². The second-order valence-corrected chi connectivity index (χ2v) is 15.8. The lowest BCUT2D eigenvalue weighted by molar-refractivity contribution is -0.122. The number of hydrogen-bond donors (Lipinski definition) is 3. The van der Waals surface area contributed by atoms with Crippen LogP contribution >= 0.6 is 0 Å². The Morgan fingerprint density at radius 1 is 0.553 bits per heavy atom. The van der Waals surface area contributed by atoms with Gasteiger partial charge in [-0.2, -0.15) is 8.42 Å². The molecule has 2 atom stereocenters. The molecule has 47 heavy (non-hydrogen) atoms. The molecule has 6 nitrogen and oxygen atoms in total. The number of unbranched alkanes of at least 4 members (excludes halogenated alkanes) is 29. The second kappa shape index (κ2) is 34.9. The lowest BCUT2D eigenvalue weighted by Gasteiger charge is -2.21. The number of rotatable bonds is 37. The topological polar surface area (TPSA) is 104 Å². The van der Waals surface area contributed by atoms with Crippen LogP contribution in [-0.2, 0) is 14.9 Å². The van der Waals surface area contributed by atoms with Gasteiger partial charge in [-0.3, -0.25) is 9.35 Å². The van der Waals surface area contributed by atoms with E-state index in [2.05, 4.69) is 19.2 Å². The van der Waals surface area contributed by atoms with Gasteiger partial charge in [-0.15, -0.1) is 0 Å². The SMILES string of the molecule is CCCCCCCCC/C=C/C(O)C(CS(=O)(=O)O)NC(=O)CCCCCCCCCCCCCCCCCCCCCCCCC. The average molecular weight is 686 g/mol. The van der Waals surface area contributed by atoms with E-state index in [1.54, 1.807) is 6.08 Å². The Hall–Kier alpha value is -0.920. The molecule has 0 aromatic heterocycles. The molecule has 0 aliphatic carbocycles. The van der Waals surface area contributed by atoms with Crippen molar-refractivity contribution in [2.24, 2.45) is 0 Å². The van der Waals surface area contributed by atoms with Crippen LogP contribution < -0.4 is 5.32 Å². The van der Waals surface area contributed by atoms with Crippen molar-refractivity contribution in [3.05, 3.63) is 12.2 Å². The zero-order valence-electron chi connectivity index (χ0n) is 31.2. The van der Waals surface area contributed by atoms with Gasteiger partial charge in [0.25, 0.3) is 10.1 Å². The molecule has 0 fully saturated rings. The molecule has 0 bridgehead atoms. The minimum absolute atomic E-state index is 0.276. The Morgan fingerprint density at radius 2 is 0.872 bits per heavy atom. The van der Waals surface area contributed by atoms with Crippen LogP contribution in [0.3, 0.4) is 0 Å². The number of nitrogens with one attached hydrogen (secondary N) is 1. The summed E-state index contributed by atoms with van der Waals surface area (Å²) in [6.45, 7) is 4.49. The van der Waals surface area contributed by atoms with E-state index in [4.69, 9.17) is 0 Å². The van der Waals surface area contributed by atoms with Crippen molar-refractivity contribution in [3.8, 4) is 0 Å². The fourth-order valence-electron chi connectivity index (χ4n) is 6.39. The third-order valence-corrected chi connectivity index (χ3v) is 10.2. The summed E-state index contributed by atoms with van der Waals surface area (Å²) in [5, 5.41) is 13.1. The van der Waals surface area contributed by atoms with Crippen molar-refractivity contribution in [2.75, 3.05) is 5.75 Å². The van der Waals surface area contributed by atoms with E-state index in [1.165, 1.54) is 161 Å². The molecule has 2 unspecified atom stereocenters. The van der Waals surface area contributed by atoms with E-state index in [0.717, 1.165) is 38.5 Å². The number of hydrogen-bond acceptors (Lipinski definition) is 4. The van der Waals surface area contributed by atoms with Crippen LogP contribution in [-0.4, -0.2) is 41.9 Å². The first-order valence-electron chi connectivity index (χ1n) is 20.4. The number of amides is 1. The molecule has 3 N–H and O–H groups in total. The van der Waals surface area contributed by atoms with E-state index in [-0.39, 0.29) is 5.91 Å². The normalized spacial score (nSPS) is 13.4. The molecule has 0 aliphatic heterocycles. The monoisotopic (exact) mass is 686 g/mol. The summed E-state index contributed by atoms with van der Waals surface area (Å²) in [5.74, 6) is -0.970. The first-order valence-corrected chi connectivity index (χ1v) is 22.0. The Balaban J connectivity index is 3.73. The number of aliphatic hydroxyl groups is 1. The van der Waals surface area contributed by atoms with Gasteiger partial charge < -0.3 is 10.4 Å². The highest BCUT2D eigenvalue weighted by Crippen LogP contribution is 2.16. The Kier molecular flexibility index (Phi) is 34.2. The van der Waals surface area contributed by atoms with E-state index in [1.807, 2.05) is 6.08 Å². The van der Waals surface area contributed by atoms with Crippen LogP contribution in [0.2, 0.25) is 0 Å². The largest absolute Gasteiger partial charge is 0.387 e. The van der Waals surface area contributed by atoms with Crippen molar-refractivity contribution in [1.29, 1.82) is 0 Å². The minimum Gasteiger partial charge on any atom is -0.387 e. The highest BCUT2D eigenvalue weighted by atomic mass is 32.2. The van der Waals surface area contributed by atoms with Crippen LogP contribution in [0.5, 0.6) is 0 Å². The molecule has 0 saturated carbocycles. The van der Waals surface area contributed by atoms with Gasteiger partial charge in [0.2, 0.25) is 5.91 Å². The molecule has 0 aromatic carbocycles. The van der Waals surface area contributed by atoms with Crippen molar-refractivity contribution in [3.63, 3.8) is 0 Å². The molecular weight excluding hydrogens is 607 g/mol. The van der Waals surface area contributed by atoms with Gasteiger partial charge in [-0.05, 0) is 19.3 Å². The molecule has 0 spiro atoms.